The molecule has 2 amide bonds. The number of imide groups is 1. The quantitative estimate of drug-likeness (QED) is 0.311. The maximum Gasteiger partial charge on any atom is 0.338 e. The minimum absolute atomic E-state index is 0.124. The number of halogens is 1. The molecule has 174 valence electrons. The minimum Gasteiger partial charge on any atom is -0.454 e. The third kappa shape index (κ3) is 4.26. The molecule has 7 nitrogen and oxygen atoms in total. The van der Waals surface area contributed by atoms with Gasteiger partial charge in [-0.25, -0.2) is 9.18 Å². The van der Waals surface area contributed by atoms with Crippen LogP contribution in [0.4, 0.5) is 10.1 Å². The zero-order valence-corrected chi connectivity index (χ0v) is 19.1. The zero-order chi connectivity index (χ0) is 24.6. The number of benzene rings is 2. The third-order valence-electron chi connectivity index (χ3n) is 5.87. The van der Waals surface area contributed by atoms with Crippen LogP contribution in [0, 0.1) is 26.6 Å². The molecule has 1 aliphatic rings. The van der Waals surface area contributed by atoms with Crippen molar-refractivity contribution in [1.29, 1.82) is 0 Å². The molecule has 0 atom stereocenters. The van der Waals surface area contributed by atoms with E-state index in [0.717, 1.165) is 10.6 Å². The smallest absolute Gasteiger partial charge is 0.338 e. The van der Waals surface area contributed by atoms with Gasteiger partial charge in [-0.3, -0.25) is 19.3 Å². The van der Waals surface area contributed by atoms with Crippen molar-refractivity contribution in [3.63, 3.8) is 0 Å². The summed E-state index contributed by atoms with van der Waals surface area (Å²) in [5.41, 5.74) is 3.25. The number of aryl methyl sites for hydroxylation is 2. The fourth-order valence-electron chi connectivity index (χ4n) is 4.09. The number of ether oxygens (including phenoxy) is 1. The Morgan fingerprint density at radius 3 is 2.32 bits per heavy atom. The van der Waals surface area contributed by atoms with Gasteiger partial charge in [0.15, 0.2) is 6.61 Å². The van der Waals surface area contributed by atoms with Gasteiger partial charge >= 0.3 is 5.97 Å². The van der Waals surface area contributed by atoms with Crippen LogP contribution in [-0.2, 0) is 14.3 Å². The largest absolute Gasteiger partial charge is 0.454 e. The second kappa shape index (κ2) is 9.05. The number of anilines is 1. The molecule has 0 bridgehead atoms. The van der Waals surface area contributed by atoms with E-state index in [2.05, 4.69) is 0 Å². The normalized spacial score (nSPS) is 13.5. The first-order chi connectivity index (χ1) is 16.2. The summed E-state index contributed by atoms with van der Waals surface area (Å²) >= 11 is 0. The van der Waals surface area contributed by atoms with E-state index in [4.69, 9.17) is 4.74 Å². The van der Waals surface area contributed by atoms with E-state index in [-0.39, 0.29) is 36.0 Å². The Hall–Kier alpha value is -4.07. The van der Waals surface area contributed by atoms with Crippen LogP contribution in [0.15, 0.2) is 48.5 Å². The molecule has 0 aliphatic carbocycles. The first kappa shape index (κ1) is 23.1. The van der Waals surface area contributed by atoms with Gasteiger partial charge in [0.05, 0.1) is 11.3 Å². The summed E-state index contributed by atoms with van der Waals surface area (Å²) in [6.07, 6.45) is 0.269. The van der Waals surface area contributed by atoms with Gasteiger partial charge in [-0.05, 0) is 62.7 Å². The Bertz CT molecular complexity index is 1320. The van der Waals surface area contributed by atoms with Crippen molar-refractivity contribution < 1.29 is 28.3 Å². The second-order valence-electron chi connectivity index (χ2n) is 8.23. The van der Waals surface area contributed by atoms with Crippen LogP contribution in [0.25, 0.3) is 5.69 Å². The van der Waals surface area contributed by atoms with Crippen molar-refractivity contribution in [3.05, 3.63) is 82.4 Å². The average molecular weight is 462 g/mol. The summed E-state index contributed by atoms with van der Waals surface area (Å²) in [5.74, 6) is -2.14. The number of Topliss-reactive ketones (excluding diaryl/α,β-unsaturated/α-hetero) is 1. The lowest BCUT2D eigenvalue weighted by molar-refractivity contribution is -0.121. The summed E-state index contributed by atoms with van der Waals surface area (Å²) in [6.45, 7) is 4.74. The number of amides is 2. The van der Waals surface area contributed by atoms with Crippen LogP contribution < -0.4 is 4.90 Å². The zero-order valence-electron chi connectivity index (χ0n) is 19.1. The van der Waals surface area contributed by atoms with Gasteiger partial charge in [0.25, 0.3) is 0 Å². The number of esters is 1. The number of aromatic nitrogens is 1. The summed E-state index contributed by atoms with van der Waals surface area (Å²) < 4.78 is 21.0. The molecule has 1 fully saturated rings. The molecule has 0 saturated carbocycles. The van der Waals surface area contributed by atoms with Crippen molar-refractivity contribution in [3.8, 4) is 5.69 Å². The highest BCUT2D eigenvalue weighted by Gasteiger charge is 2.30. The number of nitrogens with zero attached hydrogens (tertiary/aromatic N) is 2. The lowest BCUT2D eigenvalue weighted by Gasteiger charge is -2.14. The van der Waals surface area contributed by atoms with Crippen molar-refractivity contribution in [2.24, 2.45) is 0 Å². The van der Waals surface area contributed by atoms with Crippen molar-refractivity contribution in [2.75, 3.05) is 11.5 Å². The maximum atomic E-state index is 14.1. The van der Waals surface area contributed by atoms with Gasteiger partial charge in [0.1, 0.15) is 5.82 Å². The second-order valence-corrected chi connectivity index (χ2v) is 8.23. The molecule has 0 spiro atoms. The van der Waals surface area contributed by atoms with Gasteiger partial charge in [-0.2, -0.15) is 0 Å². The molecule has 0 radical (unpaired) electrons. The molecule has 4 rings (SSSR count). The van der Waals surface area contributed by atoms with Crippen LogP contribution in [0.3, 0.4) is 0 Å². The fourth-order valence-corrected chi connectivity index (χ4v) is 4.09. The Morgan fingerprint density at radius 1 is 0.941 bits per heavy atom. The number of carbonyl (C=O) groups excluding carboxylic acids is 4. The van der Waals surface area contributed by atoms with E-state index < -0.39 is 18.4 Å². The molecule has 2 heterocycles. The highest BCUT2D eigenvalue weighted by molar-refractivity contribution is 6.20. The molecule has 0 unspecified atom stereocenters. The number of ketones is 1. The standard InChI is InChI=1S/C26H23FN2O5/c1-15-7-8-20(13-22(15)27)28-16(2)11-21(17(28)3)23(30)14-34-26(33)18-5-4-6-19(12-18)29-24(31)9-10-25(29)32/h4-8,11-13H,9-10,14H2,1-3H3. The minimum atomic E-state index is -0.747. The number of carbonyl (C=O) groups is 4. The Kier molecular flexibility index (Phi) is 6.15. The van der Waals surface area contributed by atoms with E-state index in [9.17, 15) is 23.6 Å². The highest BCUT2D eigenvalue weighted by atomic mass is 19.1. The average Bonchev–Trinajstić information content (AvgIpc) is 3.31. The molecular weight excluding hydrogens is 439 g/mol. The number of hydrogen-bond acceptors (Lipinski definition) is 5. The number of hydrogen-bond donors (Lipinski definition) is 0. The van der Waals surface area contributed by atoms with Gasteiger partial charge in [0, 0.05) is 35.5 Å². The Labute approximate surface area is 195 Å². The van der Waals surface area contributed by atoms with E-state index in [1.54, 1.807) is 55.7 Å². The summed E-state index contributed by atoms with van der Waals surface area (Å²) in [6, 6.07) is 12.5. The third-order valence-corrected chi connectivity index (χ3v) is 5.87. The first-order valence-corrected chi connectivity index (χ1v) is 10.8. The van der Waals surface area contributed by atoms with E-state index >= 15 is 0 Å². The summed E-state index contributed by atoms with van der Waals surface area (Å²) in [7, 11) is 0. The van der Waals surface area contributed by atoms with E-state index in [1.165, 1.54) is 18.2 Å². The number of rotatable bonds is 6. The van der Waals surface area contributed by atoms with Crippen LogP contribution in [0.1, 0.15) is 50.5 Å². The summed E-state index contributed by atoms with van der Waals surface area (Å²) in [4.78, 5) is 50.3. The predicted octanol–water partition coefficient (Wildman–Crippen LogP) is 4.23. The summed E-state index contributed by atoms with van der Waals surface area (Å²) in [5, 5.41) is 0. The topological polar surface area (TPSA) is 85.7 Å². The molecule has 34 heavy (non-hydrogen) atoms. The molecule has 3 aromatic rings. The SMILES string of the molecule is Cc1ccc(-n2c(C)cc(C(=O)COC(=O)c3cccc(N4C(=O)CCC4=O)c3)c2C)cc1F. The van der Waals surface area contributed by atoms with Crippen molar-refractivity contribution in [2.45, 2.75) is 33.6 Å². The molecule has 0 N–H and O–H groups in total. The maximum absolute atomic E-state index is 14.1. The lowest BCUT2D eigenvalue weighted by atomic mass is 10.1. The fraction of sp³-hybridized carbons (Fsp3) is 0.231. The molecule has 8 heteroatoms. The Morgan fingerprint density at radius 2 is 1.65 bits per heavy atom. The molecule has 2 aromatic carbocycles. The van der Waals surface area contributed by atoms with Crippen molar-refractivity contribution in [1.82, 2.24) is 4.57 Å². The molecular formula is C26H23FN2O5. The first-order valence-electron chi connectivity index (χ1n) is 10.8. The van der Waals surface area contributed by atoms with Gasteiger partial charge < -0.3 is 9.30 Å². The monoisotopic (exact) mass is 462 g/mol. The van der Waals surface area contributed by atoms with Crippen LogP contribution in [0.5, 0.6) is 0 Å². The Balaban J connectivity index is 1.49. The van der Waals surface area contributed by atoms with Crippen LogP contribution >= 0.6 is 0 Å². The lowest BCUT2D eigenvalue weighted by Crippen LogP contribution is -2.28. The molecule has 1 aromatic heterocycles. The van der Waals surface area contributed by atoms with E-state index in [1.807, 2.05) is 0 Å². The van der Waals surface area contributed by atoms with E-state index in [0.29, 0.717) is 28.2 Å². The predicted molar refractivity (Wildman–Crippen MR) is 123 cm³/mol. The van der Waals surface area contributed by atoms with Crippen molar-refractivity contribution >= 4 is 29.3 Å². The van der Waals surface area contributed by atoms with Gasteiger partial charge in [-0.15, -0.1) is 0 Å². The van der Waals surface area contributed by atoms with Gasteiger partial charge in [0.2, 0.25) is 17.6 Å². The van der Waals surface area contributed by atoms with Crippen LogP contribution in [-0.4, -0.2) is 34.7 Å². The molecule has 1 aliphatic heterocycles. The van der Waals surface area contributed by atoms with Gasteiger partial charge in [-0.1, -0.05) is 12.1 Å². The highest BCUT2D eigenvalue weighted by Crippen LogP contribution is 2.25. The van der Waals surface area contributed by atoms with Crippen LogP contribution in [0.2, 0.25) is 0 Å². The molecule has 1 saturated heterocycles.